The summed E-state index contributed by atoms with van der Waals surface area (Å²) in [6, 6.07) is 16.3. The Balaban J connectivity index is 0.000000515. The molecule has 6 rings (SSSR count). The van der Waals surface area contributed by atoms with E-state index >= 15 is 0 Å². The van der Waals surface area contributed by atoms with Crippen LogP contribution in [0.1, 0.15) is 29.5 Å². The van der Waals surface area contributed by atoms with Crippen molar-refractivity contribution in [3.63, 3.8) is 0 Å². The minimum absolute atomic E-state index is 0.129. The Kier molecular flexibility index (Phi) is 8.63. The number of tetrazole rings is 1. The maximum Gasteiger partial charge on any atom is 0.490 e. The standard InChI is InChI=1S/C27H20ClN7O3.C2HF3O2/c28-19-6-8-23(34-15-30-32-33-34)21(13-19)18-11-20-7-9-24(35(20)25(36)12-18)27-29-14-22(31-27)17-4-1-16(2-5-17)3-10-26(37)38;3-2(4,5)1(6)7/h1-6,8,10-15,24H,7,9H2,(H,29,31)(H,37,38);(H,6,7)/t24-;/m0./s1. The first-order chi connectivity index (χ1) is 21.4. The van der Waals surface area contributed by atoms with Crippen molar-refractivity contribution in [1.82, 2.24) is 34.7 Å². The number of pyridine rings is 1. The predicted molar refractivity (Wildman–Crippen MR) is 155 cm³/mol. The van der Waals surface area contributed by atoms with E-state index in [1.54, 1.807) is 33.6 Å². The number of halogens is 4. The predicted octanol–water partition coefficient (Wildman–Crippen LogP) is 4.80. The second kappa shape index (κ2) is 12.6. The van der Waals surface area contributed by atoms with Crippen LogP contribution in [-0.2, 0) is 16.0 Å². The van der Waals surface area contributed by atoms with E-state index in [0.29, 0.717) is 10.8 Å². The molecule has 0 unspecified atom stereocenters. The van der Waals surface area contributed by atoms with Crippen LogP contribution in [0, 0.1) is 0 Å². The summed E-state index contributed by atoms with van der Waals surface area (Å²) in [5, 5.41) is 27.9. The van der Waals surface area contributed by atoms with Crippen LogP contribution in [0.3, 0.4) is 0 Å². The molecule has 0 fully saturated rings. The molecule has 0 saturated heterocycles. The summed E-state index contributed by atoms with van der Waals surface area (Å²) in [5.74, 6) is -3.04. The number of carboxylic acid groups (broad SMARTS) is 2. The first-order valence-corrected chi connectivity index (χ1v) is 13.4. The van der Waals surface area contributed by atoms with Gasteiger partial charge in [0.25, 0.3) is 5.56 Å². The number of aryl methyl sites for hydroxylation is 1. The number of alkyl halides is 3. The van der Waals surface area contributed by atoms with E-state index in [0.717, 1.165) is 58.2 Å². The molecule has 1 aliphatic rings. The number of nitrogens with zero attached hydrogens (tertiary/aromatic N) is 6. The fourth-order valence-corrected chi connectivity index (χ4v) is 4.99. The minimum Gasteiger partial charge on any atom is -0.478 e. The second-order valence-corrected chi connectivity index (χ2v) is 10.1. The first kappa shape index (κ1) is 30.9. The molecule has 16 heteroatoms. The summed E-state index contributed by atoms with van der Waals surface area (Å²) in [6.07, 6.45) is 2.25. The molecule has 0 radical (unpaired) electrons. The monoisotopic (exact) mass is 639 g/mol. The maximum absolute atomic E-state index is 13.4. The molecule has 1 atom stereocenters. The van der Waals surface area contributed by atoms with E-state index in [2.05, 4.69) is 25.5 Å². The molecule has 2 aromatic carbocycles. The summed E-state index contributed by atoms with van der Waals surface area (Å²) in [5.41, 5.74) is 5.51. The van der Waals surface area contributed by atoms with Crippen molar-refractivity contribution in [3.05, 3.63) is 106 Å². The number of nitrogens with one attached hydrogen (secondary N) is 1. The number of carbonyl (C=O) groups is 2. The van der Waals surface area contributed by atoms with Gasteiger partial charge in [0.15, 0.2) is 0 Å². The molecule has 3 aromatic heterocycles. The average Bonchev–Trinajstić information content (AvgIpc) is 3.77. The lowest BCUT2D eigenvalue weighted by atomic mass is 10.0. The van der Waals surface area contributed by atoms with E-state index in [1.807, 2.05) is 36.4 Å². The summed E-state index contributed by atoms with van der Waals surface area (Å²) in [7, 11) is 0. The van der Waals surface area contributed by atoms with Gasteiger partial charge in [-0.25, -0.2) is 14.6 Å². The molecule has 4 heterocycles. The quantitative estimate of drug-likeness (QED) is 0.221. The molecule has 0 saturated carbocycles. The van der Waals surface area contributed by atoms with E-state index in [1.165, 1.54) is 12.4 Å². The normalized spacial score (nSPS) is 14.2. The molecule has 12 nitrogen and oxygen atoms in total. The van der Waals surface area contributed by atoms with Crippen LogP contribution in [0.2, 0.25) is 5.02 Å². The molecule has 0 aliphatic carbocycles. The average molecular weight is 640 g/mol. The van der Waals surface area contributed by atoms with Crippen molar-refractivity contribution < 1.29 is 33.0 Å². The Morgan fingerprint density at radius 3 is 2.42 bits per heavy atom. The minimum atomic E-state index is -5.08. The van der Waals surface area contributed by atoms with Crippen molar-refractivity contribution in [3.8, 4) is 28.1 Å². The highest BCUT2D eigenvalue weighted by Gasteiger charge is 2.38. The number of aliphatic carboxylic acids is 2. The van der Waals surface area contributed by atoms with Gasteiger partial charge >= 0.3 is 18.1 Å². The fraction of sp³-hybridized carbons (Fsp3) is 0.138. The maximum atomic E-state index is 13.4. The van der Waals surface area contributed by atoms with E-state index in [9.17, 15) is 22.8 Å². The highest BCUT2D eigenvalue weighted by Crippen LogP contribution is 2.34. The Morgan fingerprint density at radius 2 is 1.78 bits per heavy atom. The fourth-order valence-electron chi connectivity index (χ4n) is 4.81. The SMILES string of the molecule is O=C(O)C(F)(F)F.O=C(O)C=Cc1ccc(-c2cnc([C@@H]3CCc4cc(-c5cc(Cl)ccc5-n5cnnn5)cc(=O)n43)[nH]2)cc1. The Hall–Kier alpha value is -5.57. The van der Waals surface area contributed by atoms with E-state index < -0.39 is 18.1 Å². The van der Waals surface area contributed by atoms with Crippen molar-refractivity contribution >= 4 is 29.6 Å². The zero-order chi connectivity index (χ0) is 32.3. The van der Waals surface area contributed by atoms with Crippen LogP contribution >= 0.6 is 11.6 Å². The second-order valence-electron chi connectivity index (χ2n) is 9.69. The smallest absolute Gasteiger partial charge is 0.478 e. The van der Waals surface area contributed by atoms with Gasteiger partial charge in [-0.05, 0) is 70.3 Å². The number of carboxylic acids is 2. The van der Waals surface area contributed by atoms with Crippen LogP contribution in [0.15, 0.2) is 78.0 Å². The number of aromatic amines is 1. The molecular formula is C29H21ClF3N7O5. The number of rotatable bonds is 6. The third kappa shape index (κ3) is 6.99. The third-order valence-electron chi connectivity index (χ3n) is 6.79. The van der Waals surface area contributed by atoms with Crippen molar-refractivity contribution in [2.24, 2.45) is 0 Å². The van der Waals surface area contributed by atoms with Crippen LogP contribution < -0.4 is 5.56 Å². The molecule has 230 valence electrons. The van der Waals surface area contributed by atoms with Crippen LogP contribution in [0.5, 0.6) is 0 Å². The summed E-state index contributed by atoms with van der Waals surface area (Å²) in [6.45, 7) is 0. The highest BCUT2D eigenvalue weighted by molar-refractivity contribution is 6.31. The van der Waals surface area contributed by atoms with Gasteiger partial charge < -0.3 is 19.8 Å². The zero-order valence-electron chi connectivity index (χ0n) is 22.8. The molecule has 0 bridgehead atoms. The number of fused-ring (bicyclic) bond motifs is 1. The molecular weight excluding hydrogens is 619 g/mol. The Morgan fingerprint density at radius 1 is 1.04 bits per heavy atom. The summed E-state index contributed by atoms with van der Waals surface area (Å²) < 4.78 is 35.1. The van der Waals surface area contributed by atoms with Gasteiger partial charge in [0, 0.05) is 28.4 Å². The van der Waals surface area contributed by atoms with Gasteiger partial charge in [-0.15, -0.1) is 5.10 Å². The van der Waals surface area contributed by atoms with Crippen LogP contribution in [-0.4, -0.2) is 63.1 Å². The zero-order valence-corrected chi connectivity index (χ0v) is 23.6. The van der Waals surface area contributed by atoms with Gasteiger partial charge in [0.2, 0.25) is 0 Å². The Labute approximate surface area is 256 Å². The van der Waals surface area contributed by atoms with Gasteiger partial charge in [-0.2, -0.15) is 17.9 Å². The first-order valence-electron chi connectivity index (χ1n) is 13.1. The van der Waals surface area contributed by atoms with Gasteiger partial charge in [-0.3, -0.25) is 4.79 Å². The molecule has 1 aliphatic heterocycles. The lowest BCUT2D eigenvalue weighted by Gasteiger charge is -2.15. The van der Waals surface area contributed by atoms with Gasteiger partial charge in [-0.1, -0.05) is 35.9 Å². The van der Waals surface area contributed by atoms with Crippen molar-refractivity contribution in [1.29, 1.82) is 0 Å². The van der Waals surface area contributed by atoms with E-state index in [-0.39, 0.29) is 11.6 Å². The van der Waals surface area contributed by atoms with Crippen molar-refractivity contribution in [2.45, 2.75) is 25.1 Å². The number of benzene rings is 2. The number of hydrogen-bond donors (Lipinski definition) is 3. The molecule has 0 amide bonds. The largest absolute Gasteiger partial charge is 0.490 e. The third-order valence-corrected chi connectivity index (χ3v) is 7.03. The van der Waals surface area contributed by atoms with Crippen molar-refractivity contribution in [2.75, 3.05) is 0 Å². The molecule has 5 aromatic rings. The lowest BCUT2D eigenvalue weighted by molar-refractivity contribution is -0.192. The number of imidazole rings is 1. The number of aromatic nitrogens is 7. The lowest BCUT2D eigenvalue weighted by Crippen LogP contribution is -2.23. The highest BCUT2D eigenvalue weighted by atomic mass is 35.5. The van der Waals surface area contributed by atoms with Crippen LogP contribution in [0.25, 0.3) is 34.1 Å². The number of H-pyrrole nitrogens is 1. The van der Waals surface area contributed by atoms with Gasteiger partial charge in [0.1, 0.15) is 12.2 Å². The van der Waals surface area contributed by atoms with Gasteiger partial charge in [0.05, 0.1) is 23.6 Å². The summed E-state index contributed by atoms with van der Waals surface area (Å²) >= 11 is 6.29. The molecule has 0 spiro atoms. The van der Waals surface area contributed by atoms with E-state index in [4.69, 9.17) is 26.6 Å². The Bertz CT molecular complexity index is 1950. The summed E-state index contributed by atoms with van der Waals surface area (Å²) in [4.78, 5) is 41.0. The number of hydrogen-bond acceptors (Lipinski definition) is 7. The van der Waals surface area contributed by atoms with Crippen LogP contribution in [0.4, 0.5) is 13.2 Å². The molecule has 3 N–H and O–H groups in total. The topological polar surface area (TPSA) is 169 Å². The molecule has 45 heavy (non-hydrogen) atoms.